The molecule has 0 radical (unpaired) electrons. The van der Waals surface area contributed by atoms with Crippen molar-refractivity contribution in [2.24, 2.45) is 0 Å². The molecule has 0 unspecified atom stereocenters. The zero-order chi connectivity index (χ0) is 23.9. The van der Waals surface area contributed by atoms with E-state index in [1.54, 1.807) is 11.3 Å². The number of aryl methyl sites for hydroxylation is 1. The maximum Gasteiger partial charge on any atom is 0.252 e. The third-order valence-electron chi connectivity index (χ3n) is 5.25. The molecular weight excluding hydrogens is 440 g/mol. The van der Waals surface area contributed by atoms with E-state index in [-0.39, 0.29) is 12.0 Å². The van der Waals surface area contributed by atoms with Crippen LogP contribution in [0.2, 0.25) is 0 Å². The standard InChI is InChI=1S/C29H28N2O2S/c1-20(2)33-25-15-13-22(14-16-25)17-27(23-10-5-4-6-11-23)28(32)30-18-24-19-34-29(31-24)26-12-8-7-9-21(26)3/h4-17,19-20H,18H2,1-3H3,(H,30,32)/b27-17+. The van der Waals surface area contributed by atoms with E-state index in [4.69, 9.17) is 9.72 Å². The summed E-state index contributed by atoms with van der Waals surface area (Å²) < 4.78 is 5.73. The third kappa shape index (κ3) is 6.00. The highest BCUT2D eigenvalue weighted by molar-refractivity contribution is 7.13. The molecule has 34 heavy (non-hydrogen) atoms. The van der Waals surface area contributed by atoms with Gasteiger partial charge in [-0.1, -0.05) is 66.7 Å². The fourth-order valence-corrected chi connectivity index (χ4v) is 4.48. The van der Waals surface area contributed by atoms with Crippen LogP contribution in [0.25, 0.3) is 22.2 Å². The van der Waals surface area contributed by atoms with E-state index in [1.807, 2.05) is 92.0 Å². The Bertz CT molecular complexity index is 1280. The topological polar surface area (TPSA) is 51.2 Å². The van der Waals surface area contributed by atoms with Crippen LogP contribution in [0, 0.1) is 6.92 Å². The summed E-state index contributed by atoms with van der Waals surface area (Å²) in [6.45, 7) is 6.44. The van der Waals surface area contributed by atoms with Crippen molar-refractivity contribution in [3.05, 3.63) is 107 Å². The van der Waals surface area contributed by atoms with Crippen LogP contribution >= 0.6 is 11.3 Å². The monoisotopic (exact) mass is 468 g/mol. The van der Waals surface area contributed by atoms with Crippen LogP contribution in [0.15, 0.2) is 84.2 Å². The first kappa shape index (κ1) is 23.5. The molecule has 0 saturated carbocycles. The first-order valence-electron chi connectivity index (χ1n) is 11.3. The zero-order valence-corrected chi connectivity index (χ0v) is 20.4. The highest BCUT2D eigenvalue weighted by Gasteiger charge is 2.14. The van der Waals surface area contributed by atoms with E-state index < -0.39 is 0 Å². The predicted octanol–water partition coefficient (Wildman–Crippen LogP) is 6.76. The molecule has 5 heteroatoms. The number of benzene rings is 3. The molecule has 4 nitrogen and oxygen atoms in total. The van der Waals surface area contributed by atoms with Gasteiger partial charge in [-0.2, -0.15) is 0 Å². The molecule has 1 heterocycles. The maximum atomic E-state index is 13.2. The van der Waals surface area contributed by atoms with Crippen molar-refractivity contribution in [1.29, 1.82) is 0 Å². The molecule has 172 valence electrons. The SMILES string of the molecule is Cc1ccccc1-c1nc(CNC(=O)/C(=C/c2ccc(OC(C)C)cc2)c2ccccc2)cs1. The number of aromatic nitrogens is 1. The van der Waals surface area contributed by atoms with E-state index in [2.05, 4.69) is 24.4 Å². The molecule has 0 fully saturated rings. The second-order valence-corrected chi connectivity index (χ2v) is 9.16. The normalized spacial score (nSPS) is 11.5. The lowest BCUT2D eigenvalue weighted by Crippen LogP contribution is -2.24. The summed E-state index contributed by atoms with van der Waals surface area (Å²) in [7, 11) is 0. The first-order chi connectivity index (χ1) is 16.5. The lowest BCUT2D eigenvalue weighted by Gasteiger charge is -2.11. The number of hydrogen-bond acceptors (Lipinski definition) is 4. The van der Waals surface area contributed by atoms with Gasteiger partial charge in [0.2, 0.25) is 0 Å². The van der Waals surface area contributed by atoms with E-state index in [1.165, 1.54) is 5.56 Å². The Labute approximate surface area is 205 Å². The number of carbonyl (C=O) groups excluding carboxylic acids is 1. The van der Waals surface area contributed by atoms with Crippen molar-refractivity contribution >= 4 is 28.9 Å². The summed E-state index contributed by atoms with van der Waals surface area (Å²) in [6.07, 6.45) is 2.02. The summed E-state index contributed by atoms with van der Waals surface area (Å²) in [5.41, 5.74) is 5.56. The molecule has 1 amide bonds. The van der Waals surface area contributed by atoms with Gasteiger partial charge < -0.3 is 10.1 Å². The van der Waals surface area contributed by atoms with Crippen LogP contribution in [0.4, 0.5) is 0 Å². The van der Waals surface area contributed by atoms with Crippen LogP contribution in [-0.4, -0.2) is 17.0 Å². The van der Waals surface area contributed by atoms with Gasteiger partial charge in [-0.05, 0) is 55.7 Å². The van der Waals surface area contributed by atoms with Crippen molar-refractivity contribution in [3.8, 4) is 16.3 Å². The molecule has 0 spiro atoms. The number of amides is 1. The maximum absolute atomic E-state index is 13.2. The summed E-state index contributed by atoms with van der Waals surface area (Å²) in [5, 5.41) is 6.01. The van der Waals surface area contributed by atoms with Gasteiger partial charge in [0.1, 0.15) is 10.8 Å². The molecule has 4 rings (SSSR count). The van der Waals surface area contributed by atoms with Crippen LogP contribution in [0.1, 0.15) is 36.2 Å². The molecule has 0 aliphatic rings. The number of nitrogens with one attached hydrogen (secondary N) is 1. The minimum Gasteiger partial charge on any atom is -0.491 e. The first-order valence-corrected chi connectivity index (χ1v) is 12.2. The molecule has 0 saturated heterocycles. The fourth-order valence-electron chi connectivity index (χ4n) is 3.57. The average molecular weight is 469 g/mol. The van der Waals surface area contributed by atoms with Crippen LogP contribution in [0.5, 0.6) is 5.75 Å². The van der Waals surface area contributed by atoms with Crippen molar-refractivity contribution < 1.29 is 9.53 Å². The molecule has 1 aromatic heterocycles. The van der Waals surface area contributed by atoms with Gasteiger partial charge in [0.05, 0.1) is 18.3 Å². The summed E-state index contributed by atoms with van der Waals surface area (Å²) >= 11 is 1.59. The quantitative estimate of drug-likeness (QED) is 0.229. The Morgan fingerprint density at radius 1 is 1.00 bits per heavy atom. The van der Waals surface area contributed by atoms with E-state index in [9.17, 15) is 4.79 Å². The molecule has 0 bridgehead atoms. The minimum absolute atomic E-state index is 0.115. The van der Waals surface area contributed by atoms with E-state index >= 15 is 0 Å². The predicted molar refractivity (Wildman–Crippen MR) is 141 cm³/mol. The minimum atomic E-state index is -0.140. The second-order valence-electron chi connectivity index (χ2n) is 8.30. The Balaban J connectivity index is 1.52. The molecule has 0 aliphatic heterocycles. The van der Waals surface area contributed by atoms with Crippen molar-refractivity contribution in [2.45, 2.75) is 33.4 Å². The van der Waals surface area contributed by atoms with E-state index in [0.29, 0.717) is 12.1 Å². The van der Waals surface area contributed by atoms with Crippen molar-refractivity contribution in [2.75, 3.05) is 0 Å². The number of thiazole rings is 1. The van der Waals surface area contributed by atoms with E-state index in [0.717, 1.165) is 33.1 Å². The van der Waals surface area contributed by atoms with Gasteiger partial charge in [0.25, 0.3) is 5.91 Å². The summed E-state index contributed by atoms with van der Waals surface area (Å²) in [4.78, 5) is 18.0. The van der Waals surface area contributed by atoms with Crippen molar-refractivity contribution in [3.63, 3.8) is 0 Å². The average Bonchev–Trinajstić information content (AvgIpc) is 3.31. The Morgan fingerprint density at radius 2 is 1.71 bits per heavy atom. The molecular formula is C29H28N2O2S. The molecule has 4 aromatic rings. The molecule has 0 aliphatic carbocycles. The lowest BCUT2D eigenvalue weighted by atomic mass is 10.0. The Morgan fingerprint density at radius 3 is 2.41 bits per heavy atom. The lowest BCUT2D eigenvalue weighted by molar-refractivity contribution is -0.115. The number of nitrogens with zero attached hydrogens (tertiary/aromatic N) is 1. The highest BCUT2D eigenvalue weighted by atomic mass is 32.1. The molecule has 3 aromatic carbocycles. The number of hydrogen-bond donors (Lipinski definition) is 1. The van der Waals surface area contributed by atoms with Gasteiger partial charge in [0, 0.05) is 16.5 Å². The second kappa shape index (κ2) is 10.9. The zero-order valence-electron chi connectivity index (χ0n) is 19.6. The summed E-state index contributed by atoms with van der Waals surface area (Å²) in [6, 6.07) is 25.7. The van der Waals surface area contributed by atoms with Gasteiger partial charge in [-0.3, -0.25) is 4.79 Å². The largest absolute Gasteiger partial charge is 0.491 e. The van der Waals surface area contributed by atoms with Crippen LogP contribution in [0.3, 0.4) is 0 Å². The van der Waals surface area contributed by atoms with Gasteiger partial charge in [0.15, 0.2) is 0 Å². The van der Waals surface area contributed by atoms with Crippen LogP contribution < -0.4 is 10.1 Å². The highest BCUT2D eigenvalue weighted by Crippen LogP contribution is 2.27. The fraction of sp³-hybridized carbons (Fsp3) is 0.172. The van der Waals surface area contributed by atoms with Crippen molar-refractivity contribution in [1.82, 2.24) is 10.3 Å². The summed E-state index contributed by atoms with van der Waals surface area (Å²) in [5.74, 6) is 0.671. The number of ether oxygens (including phenoxy) is 1. The number of carbonyl (C=O) groups is 1. The third-order valence-corrected chi connectivity index (χ3v) is 6.17. The van der Waals surface area contributed by atoms with Gasteiger partial charge in [-0.25, -0.2) is 4.98 Å². The molecule has 0 atom stereocenters. The Hall–Kier alpha value is -3.70. The molecule has 1 N–H and O–H groups in total. The van der Waals surface area contributed by atoms with Gasteiger partial charge in [-0.15, -0.1) is 11.3 Å². The van der Waals surface area contributed by atoms with Gasteiger partial charge >= 0.3 is 0 Å². The van der Waals surface area contributed by atoms with Crippen LogP contribution in [-0.2, 0) is 11.3 Å². The smallest absolute Gasteiger partial charge is 0.252 e. The Kier molecular flexibility index (Phi) is 7.55. The number of rotatable bonds is 8.